The molecule has 3 nitrogen and oxygen atoms in total. The number of hydrogen-bond donors (Lipinski definition) is 0. The van der Waals surface area contributed by atoms with Gasteiger partial charge in [-0.15, -0.1) is 6.42 Å². The van der Waals surface area contributed by atoms with E-state index in [1.165, 1.54) is 0 Å². The maximum Gasteiger partial charge on any atom is 0.338 e. The van der Waals surface area contributed by atoms with Crippen LogP contribution in [0.3, 0.4) is 0 Å². The molecule has 0 N–H and O–H groups in total. The summed E-state index contributed by atoms with van der Waals surface area (Å²) in [5.41, 5.74) is 2.67. The number of esters is 1. The van der Waals surface area contributed by atoms with Crippen molar-refractivity contribution in [2.45, 2.75) is 33.3 Å². The summed E-state index contributed by atoms with van der Waals surface area (Å²) in [5, 5.41) is 0. The molecule has 0 aliphatic rings. The Balaban J connectivity index is 2.29. The van der Waals surface area contributed by atoms with Crippen LogP contribution < -0.4 is 4.74 Å². The van der Waals surface area contributed by atoms with E-state index in [2.05, 4.69) is 5.92 Å². The normalized spacial score (nSPS) is 10.8. The quantitative estimate of drug-likeness (QED) is 0.605. The van der Waals surface area contributed by atoms with E-state index in [1.54, 1.807) is 12.1 Å². The zero-order valence-electron chi connectivity index (χ0n) is 14.6. The first-order chi connectivity index (χ1) is 11.3. The lowest BCUT2D eigenvalue weighted by Gasteiger charge is -2.19. The van der Waals surface area contributed by atoms with Gasteiger partial charge in [0, 0.05) is 5.56 Å². The van der Waals surface area contributed by atoms with E-state index in [0.29, 0.717) is 12.2 Å². The van der Waals surface area contributed by atoms with E-state index in [1.807, 2.05) is 58.0 Å². The van der Waals surface area contributed by atoms with Gasteiger partial charge in [-0.3, -0.25) is 0 Å². The second-order valence-electron chi connectivity index (χ2n) is 6.40. The lowest BCUT2D eigenvalue weighted by atomic mass is 10.0. The molecule has 3 heteroatoms. The second-order valence-corrected chi connectivity index (χ2v) is 6.40. The largest absolute Gasteiger partial charge is 0.494 e. The van der Waals surface area contributed by atoms with Crippen LogP contribution in [0.15, 0.2) is 42.5 Å². The average molecular weight is 322 g/mol. The molecule has 0 atom stereocenters. The molecule has 2 rings (SSSR count). The number of ether oxygens (including phenoxy) is 2. The first kappa shape index (κ1) is 17.6. The summed E-state index contributed by atoms with van der Waals surface area (Å²) in [7, 11) is 0. The van der Waals surface area contributed by atoms with Gasteiger partial charge in [0.15, 0.2) is 0 Å². The van der Waals surface area contributed by atoms with E-state index in [4.69, 9.17) is 15.9 Å². The Morgan fingerprint density at radius 1 is 1.08 bits per heavy atom. The molecule has 0 unspecified atom stereocenters. The van der Waals surface area contributed by atoms with Gasteiger partial charge in [-0.1, -0.05) is 18.1 Å². The van der Waals surface area contributed by atoms with Crippen molar-refractivity contribution in [3.05, 3.63) is 53.6 Å². The van der Waals surface area contributed by atoms with E-state index >= 15 is 0 Å². The minimum atomic E-state index is -0.511. The first-order valence-corrected chi connectivity index (χ1v) is 7.90. The maximum atomic E-state index is 12.1. The van der Waals surface area contributed by atoms with Gasteiger partial charge in [-0.2, -0.15) is 0 Å². The standard InChI is InChI=1S/C21H22O3/c1-6-15-12-18(14-19(13-15)23-7-2)16-8-10-17(11-9-16)20(22)24-21(3,4)5/h1,8-14H,7H2,2-5H3. The molecular weight excluding hydrogens is 300 g/mol. The highest BCUT2D eigenvalue weighted by molar-refractivity contribution is 5.90. The molecule has 0 amide bonds. The molecule has 0 saturated carbocycles. The molecule has 0 aliphatic heterocycles. The van der Waals surface area contributed by atoms with Gasteiger partial charge in [-0.25, -0.2) is 4.79 Å². The van der Waals surface area contributed by atoms with Gasteiger partial charge < -0.3 is 9.47 Å². The van der Waals surface area contributed by atoms with Crippen molar-refractivity contribution in [3.63, 3.8) is 0 Å². The second kappa shape index (κ2) is 7.23. The third kappa shape index (κ3) is 4.63. The number of carbonyl (C=O) groups excluding carboxylic acids is 1. The van der Waals surface area contributed by atoms with Crippen LogP contribution in [0.4, 0.5) is 0 Å². The molecule has 0 fully saturated rings. The lowest BCUT2D eigenvalue weighted by molar-refractivity contribution is 0.00695. The highest BCUT2D eigenvalue weighted by Crippen LogP contribution is 2.27. The van der Waals surface area contributed by atoms with Crippen molar-refractivity contribution in [1.82, 2.24) is 0 Å². The fourth-order valence-electron chi connectivity index (χ4n) is 2.23. The molecule has 0 heterocycles. The van der Waals surface area contributed by atoms with Crippen LogP contribution in [0.25, 0.3) is 11.1 Å². The molecule has 0 bridgehead atoms. The minimum Gasteiger partial charge on any atom is -0.494 e. The van der Waals surface area contributed by atoms with E-state index in [0.717, 1.165) is 22.4 Å². The van der Waals surface area contributed by atoms with Crippen LogP contribution in [-0.2, 0) is 4.74 Å². The number of carbonyl (C=O) groups is 1. The van der Waals surface area contributed by atoms with E-state index < -0.39 is 5.60 Å². The van der Waals surface area contributed by atoms with Crippen LogP contribution in [0.1, 0.15) is 43.6 Å². The van der Waals surface area contributed by atoms with Crippen molar-refractivity contribution in [2.24, 2.45) is 0 Å². The van der Waals surface area contributed by atoms with Crippen LogP contribution >= 0.6 is 0 Å². The summed E-state index contributed by atoms with van der Waals surface area (Å²) in [5.74, 6) is 3.04. The summed E-state index contributed by atoms with van der Waals surface area (Å²) < 4.78 is 10.9. The molecule has 124 valence electrons. The zero-order valence-corrected chi connectivity index (χ0v) is 14.6. The van der Waals surface area contributed by atoms with Gasteiger partial charge in [0.05, 0.1) is 12.2 Å². The Labute approximate surface area is 143 Å². The lowest BCUT2D eigenvalue weighted by Crippen LogP contribution is -2.23. The summed E-state index contributed by atoms with van der Waals surface area (Å²) >= 11 is 0. The Bertz CT molecular complexity index is 759. The number of terminal acetylenes is 1. The molecule has 0 radical (unpaired) electrons. The smallest absolute Gasteiger partial charge is 0.338 e. The summed E-state index contributed by atoms with van der Waals surface area (Å²) in [6.07, 6.45) is 5.52. The average Bonchev–Trinajstić information content (AvgIpc) is 2.53. The fourth-order valence-corrected chi connectivity index (χ4v) is 2.23. The monoisotopic (exact) mass is 322 g/mol. The van der Waals surface area contributed by atoms with Crippen molar-refractivity contribution in [1.29, 1.82) is 0 Å². The highest BCUT2D eigenvalue weighted by atomic mass is 16.6. The molecule has 2 aromatic rings. The third-order valence-corrected chi connectivity index (χ3v) is 3.24. The number of hydrogen-bond acceptors (Lipinski definition) is 3. The number of rotatable bonds is 4. The zero-order chi connectivity index (χ0) is 17.7. The Morgan fingerprint density at radius 3 is 2.29 bits per heavy atom. The molecule has 0 aliphatic carbocycles. The van der Waals surface area contributed by atoms with Gasteiger partial charge >= 0.3 is 5.97 Å². The fraction of sp³-hybridized carbons (Fsp3) is 0.286. The van der Waals surface area contributed by atoms with Crippen LogP contribution in [0.5, 0.6) is 5.75 Å². The van der Waals surface area contributed by atoms with E-state index in [9.17, 15) is 4.79 Å². The van der Waals surface area contributed by atoms with Gasteiger partial charge in [0.25, 0.3) is 0 Å². The van der Waals surface area contributed by atoms with Crippen molar-refractivity contribution < 1.29 is 14.3 Å². The van der Waals surface area contributed by atoms with Gasteiger partial charge in [-0.05, 0) is 69.2 Å². The molecule has 0 aromatic heterocycles. The van der Waals surface area contributed by atoms with Crippen LogP contribution in [-0.4, -0.2) is 18.2 Å². The van der Waals surface area contributed by atoms with Gasteiger partial charge in [0.1, 0.15) is 11.4 Å². The Kier molecular flexibility index (Phi) is 5.31. The SMILES string of the molecule is C#Cc1cc(OCC)cc(-c2ccc(C(=O)OC(C)(C)C)cc2)c1. The molecule has 0 saturated heterocycles. The molecule has 2 aromatic carbocycles. The predicted molar refractivity (Wildman–Crippen MR) is 96.2 cm³/mol. The molecule has 24 heavy (non-hydrogen) atoms. The maximum absolute atomic E-state index is 12.1. The molecule has 0 spiro atoms. The number of benzene rings is 2. The predicted octanol–water partition coefficient (Wildman–Crippen LogP) is 4.69. The summed E-state index contributed by atoms with van der Waals surface area (Å²) in [6, 6.07) is 13.0. The van der Waals surface area contributed by atoms with Crippen molar-refractivity contribution >= 4 is 5.97 Å². The van der Waals surface area contributed by atoms with Gasteiger partial charge in [0.2, 0.25) is 0 Å². The topological polar surface area (TPSA) is 35.5 Å². The van der Waals surface area contributed by atoms with Crippen LogP contribution in [0, 0.1) is 12.3 Å². The third-order valence-electron chi connectivity index (χ3n) is 3.24. The highest BCUT2D eigenvalue weighted by Gasteiger charge is 2.17. The van der Waals surface area contributed by atoms with Crippen LogP contribution in [0.2, 0.25) is 0 Å². The van der Waals surface area contributed by atoms with Crippen molar-refractivity contribution in [3.8, 4) is 29.2 Å². The van der Waals surface area contributed by atoms with E-state index in [-0.39, 0.29) is 5.97 Å². The minimum absolute atomic E-state index is 0.332. The summed E-state index contributed by atoms with van der Waals surface area (Å²) in [4.78, 5) is 12.1. The Morgan fingerprint density at radius 2 is 1.75 bits per heavy atom. The Hall–Kier alpha value is -2.73. The van der Waals surface area contributed by atoms with Crippen molar-refractivity contribution in [2.75, 3.05) is 6.61 Å². The first-order valence-electron chi connectivity index (χ1n) is 7.90. The summed E-state index contributed by atoms with van der Waals surface area (Å²) in [6.45, 7) is 8.04. The molecular formula is C21H22O3.